The minimum Gasteiger partial charge on any atom is -0.481 e. The highest BCUT2D eigenvalue weighted by molar-refractivity contribution is 6.12. The highest BCUT2D eigenvalue weighted by Gasteiger charge is 2.38. The molecular formula is C13H17NO4. The van der Waals surface area contributed by atoms with Gasteiger partial charge in [0.25, 0.3) is 11.8 Å². The van der Waals surface area contributed by atoms with Crippen LogP contribution in [0.3, 0.4) is 0 Å². The number of carbonyl (C=O) groups is 3. The molecule has 0 spiro atoms. The first kappa shape index (κ1) is 12.8. The van der Waals surface area contributed by atoms with Crippen LogP contribution in [0, 0.1) is 11.3 Å². The molecule has 0 saturated heterocycles. The van der Waals surface area contributed by atoms with Crippen molar-refractivity contribution < 1.29 is 19.5 Å². The van der Waals surface area contributed by atoms with E-state index in [1.165, 1.54) is 17.1 Å². The van der Waals surface area contributed by atoms with Gasteiger partial charge in [-0.1, -0.05) is 0 Å². The Hall–Kier alpha value is -1.65. The third-order valence-corrected chi connectivity index (χ3v) is 4.07. The number of carboxylic acids is 1. The predicted octanol–water partition coefficient (Wildman–Crippen LogP) is 1.19. The van der Waals surface area contributed by atoms with Crippen LogP contribution in [-0.4, -0.2) is 34.3 Å². The monoisotopic (exact) mass is 251 g/mol. The van der Waals surface area contributed by atoms with Crippen molar-refractivity contribution in [3.63, 3.8) is 0 Å². The summed E-state index contributed by atoms with van der Waals surface area (Å²) in [7, 11) is 0. The van der Waals surface area contributed by atoms with Gasteiger partial charge in [-0.2, -0.15) is 0 Å². The zero-order valence-electron chi connectivity index (χ0n) is 10.4. The fourth-order valence-corrected chi connectivity index (χ4v) is 2.58. The zero-order chi connectivity index (χ0) is 13.3. The molecule has 1 aliphatic carbocycles. The predicted molar refractivity (Wildman–Crippen MR) is 63.6 cm³/mol. The van der Waals surface area contributed by atoms with E-state index >= 15 is 0 Å². The van der Waals surface area contributed by atoms with E-state index in [1.54, 1.807) is 6.92 Å². The van der Waals surface area contributed by atoms with Crippen molar-refractivity contribution in [2.75, 3.05) is 6.54 Å². The summed E-state index contributed by atoms with van der Waals surface area (Å²) in [5, 5.41) is 9.12. The number of amides is 2. The molecule has 0 atom stereocenters. The standard InChI is InChI=1S/C13H17NO4/c1-13(12(17)18)6-4-9(5-7-13)8-14-10(15)2-3-11(14)16/h2-3,9H,4-8H2,1H3,(H,17,18). The number of hydrogen-bond acceptors (Lipinski definition) is 3. The van der Waals surface area contributed by atoms with Crippen LogP contribution in [0.4, 0.5) is 0 Å². The van der Waals surface area contributed by atoms with Crippen molar-refractivity contribution in [1.82, 2.24) is 4.90 Å². The Kier molecular flexibility index (Phi) is 3.24. The van der Waals surface area contributed by atoms with Crippen molar-refractivity contribution in [3.05, 3.63) is 12.2 Å². The number of carbonyl (C=O) groups excluding carboxylic acids is 2. The molecular weight excluding hydrogens is 234 g/mol. The second-order valence-electron chi connectivity index (χ2n) is 5.43. The van der Waals surface area contributed by atoms with E-state index in [1.807, 2.05) is 0 Å². The average molecular weight is 251 g/mol. The average Bonchev–Trinajstić information content (AvgIpc) is 2.63. The molecule has 2 amide bonds. The topological polar surface area (TPSA) is 74.7 Å². The summed E-state index contributed by atoms with van der Waals surface area (Å²) in [5.74, 6) is -1.04. The number of rotatable bonds is 3. The number of hydrogen-bond donors (Lipinski definition) is 1. The van der Waals surface area contributed by atoms with Crippen LogP contribution >= 0.6 is 0 Å². The lowest BCUT2D eigenvalue weighted by atomic mass is 9.71. The number of aliphatic carboxylic acids is 1. The quantitative estimate of drug-likeness (QED) is 0.765. The lowest BCUT2D eigenvalue weighted by molar-refractivity contribution is -0.151. The van der Waals surface area contributed by atoms with Gasteiger partial charge in [0.1, 0.15) is 0 Å². The largest absolute Gasteiger partial charge is 0.481 e. The maximum atomic E-state index is 11.4. The Morgan fingerprint density at radius 3 is 2.28 bits per heavy atom. The number of nitrogens with zero attached hydrogens (tertiary/aromatic N) is 1. The molecule has 1 heterocycles. The molecule has 0 aromatic heterocycles. The van der Waals surface area contributed by atoms with Gasteiger partial charge in [0.15, 0.2) is 0 Å². The van der Waals surface area contributed by atoms with Crippen molar-refractivity contribution in [1.29, 1.82) is 0 Å². The van der Waals surface area contributed by atoms with Crippen LogP contribution in [0.25, 0.3) is 0 Å². The second kappa shape index (κ2) is 4.55. The summed E-state index contributed by atoms with van der Waals surface area (Å²) < 4.78 is 0. The first-order valence-corrected chi connectivity index (χ1v) is 6.19. The smallest absolute Gasteiger partial charge is 0.309 e. The van der Waals surface area contributed by atoms with Crippen molar-refractivity contribution in [2.45, 2.75) is 32.6 Å². The zero-order valence-corrected chi connectivity index (χ0v) is 10.4. The fraction of sp³-hybridized carbons (Fsp3) is 0.615. The molecule has 1 aliphatic heterocycles. The highest BCUT2D eigenvalue weighted by atomic mass is 16.4. The summed E-state index contributed by atoms with van der Waals surface area (Å²) >= 11 is 0. The minimum absolute atomic E-state index is 0.227. The van der Waals surface area contributed by atoms with Gasteiger partial charge >= 0.3 is 5.97 Å². The molecule has 5 heteroatoms. The Balaban J connectivity index is 1.90. The summed E-state index contributed by atoms with van der Waals surface area (Å²) in [6.45, 7) is 2.18. The lowest BCUT2D eigenvalue weighted by Crippen LogP contribution is -2.39. The summed E-state index contributed by atoms with van der Waals surface area (Å²) in [4.78, 5) is 35.2. The Labute approximate surface area is 105 Å². The van der Waals surface area contributed by atoms with Gasteiger partial charge in [0.2, 0.25) is 0 Å². The molecule has 0 radical (unpaired) electrons. The van der Waals surface area contributed by atoms with Crippen LogP contribution in [0.2, 0.25) is 0 Å². The van der Waals surface area contributed by atoms with Crippen LogP contribution in [-0.2, 0) is 14.4 Å². The number of imide groups is 1. The fourth-order valence-electron chi connectivity index (χ4n) is 2.58. The summed E-state index contributed by atoms with van der Waals surface area (Å²) in [6, 6.07) is 0. The number of carboxylic acid groups (broad SMARTS) is 1. The van der Waals surface area contributed by atoms with Gasteiger partial charge in [-0.15, -0.1) is 0 Å². The normalized spacial score (nSPS) is 32.1. The molecule has 18 heavy (non-hydrogen) atoms. The Morgan fingerprint density at radius 2 is 1.83 bits per heavy atom. The third-order valence-electron chi connectivity index (χ3n) is 4.07. The van der Waals surface area contributed by atoms with Gasteiger partial charge in [0.05, 0.1) is 5.41 Å². The van der Waals surface area contributed by atoms with E-state index in [2.05, 4.69) is 0 Å². The van der Waals surface area contributed by atoms with E-state index in [9.17, 15) is 14.4 Å². The molecule has 1 N–H and O–H groups in total. The minimum atomic E-state index is -0.754. The third kappa shape index (κ3) is 2.30. The maximum absolute atomic E-state index is 11.4. The summed E-state index contributed by atoms with van der Waals surface area (Å²) in [6.07, 6.45) is 5.28. The van der Waals surface area contributed by atoms with E-state index in [-0.39, 0.29) is 17.7 Å². The SMILES string of the molecule is CC1(C(=O)O)CCC(CN2C(=O)C=CC2=O)CC1. The molecule has 0 aromatic rings. The van der Waals surface area contributed by atoms with E-state index in [0.29, 0.717) is 19.4 Å². The van der Waals surface area contributed by atoms with Gasteiger partial charge < -0.3 is 5.11 Å². The van der Waals surface area contributed by atoms with Crippen molar-refractivity contribution in [3.8, 4) is 0 Å². The Bertz CT molecular complexity index is 401. The first-order chi connectivity index (χ1) is 8.42. The first-order valence-electron chi connectivity index (χ1n) is 6.19. The lowest BCUT2D eigenvalue weighted by Gasteiger charge is -2.35. The van der Waals surface area contributed by atoms with Crippen LogP contribution in [0.1, 0.15) is 32.6 Å². The highest BCUT2D eigenvalue weighted by Crippen LogP contribution is 2.39. The van der Waals surface area contributed by atoms with Crippen molar-refractivity contribution in [2.24, 2.45) is 11.3 Å². The molecule has 0 aromatic carbocycles. The van der Waals surface area contributed by atoms with E-state index < -0.39 is 11.4 Å². The molecule has 1 fully saturated rings. The Morgan fingerprint density at radius 1 is 1.33 bits per heavy atom. The van der Waals surface area contributed by atoms with Crippen molar-refractivity contribution >= 4 is 17.8 Å². The molecule has 98 valence electrons. The van der Waals surface area contributed by atoms with Crippen LogP contribution in [0.15, 0.2) is 12.2 Å². The van der Waals surface area contributed by atoms with Crippen LogP contribution < -0.4 is 0 Å². The summed E-state index contributed by atoms with van der Waals surface area (Å²) in [5.41, 5.74) is -0.645. The molecule has 2 aliphatic rings. The molecule has 2 rings (SSSR count). The molecule has 0 unspecified atom stereocenters. The maximum Gasteiger partial charge on any atom is 0.309 e. The molecule has 0 bridgehead atoms. The van der Waals surface area contributed by atoms with Gasteiger partial charge in [-0.05, 0) is 38.5 Å². The van der Waals surface area contributed by atoms with E-state index in [4.69, 9.17) is 5.11 Å². The van der Waals surface area contributed by atoms with Gasteiger partial charge in [0, 0.05) is 18.7 Å². The molecule has 5 nitrogen and oxygen atoms in total. The van der Waals surface area contributed by atoms with Gasteiger partial charge in [-0.25, -0.2) is 0 Å². The molecule has 1 saturated carbocycles. The van der Waals surface area contributed by atoms with Crippen LogP contribution in [0.5, 0.6) is 0 Å². The van der Waals surface area contributed by atoms with Gasteiger partial charge in [-0.3, -0.25) is 19.3 Å². The van der Waals surface area contributed by atoms with E-state index in [0.717, 1.165) is 12.8 Å². The second-order valence-corrected chi connectivity index (χ2v) is 5.43.